The van der Waals surface area contributed by atoms with Crippen molar-refractivity contribution in [2.75, 3.05) is 31.9 Å². The van der Waals surface area contributed by atoms with E-state index in [2.05, 4.69) is 5.32 Å². The van der Waals surface area contributed by atoms with Gasteiger partial charge in [0.15, 0.2) is 5.12 Å². The summed E-state index contributed by atoms with van der Waals surface area (Å²) in [6.07, 6.45) is 3.80. The Morgan fingerprint density at radius 2 is 1.68 bits per heavy atom. The molecule has 37 heavy (non-hydrogen) atoms. The number of nitrogens with one attached hydrogen (secondary N) is 1. The lowest BCUT2D eigenvalue weighted by atomic mass is 10.0. The van der Waals surface area contributed by atoms with E-state index in [-0.39, 0.29) is 29.2 Å². The number of benzene rings is 2. The molecule has 10 heteroatoms. The lowest BCUT2D eigenvalue weighted by Gasteiger charge is -2.32. The number of amides is 3. The van der Waals surface area contributed by atoms with Crippen molar-refractivity contribution in [1.82, 2.24) is 15.1 Å². The van der Waals surface area contributed by atoms with Crippen molar-refractivity contribution in [3.05, 3.63) is 75.8 Å². The molecular formula is C27H34N4O5S. The Balaban J connectivity index is 1.75. The van der Waals surface area contributed by atoms with Crippen molar-refractivity contribution in [3.8, 4) is 0 Å². The van der Waals surface area contributed by atoms with Gasteiger partial charge in [-0.1, -0.05) is 54.2 Å². The van der Waals surface area contributed by atoms with E-state index in [0.29, 0.717) is 38.4 Å². The smallest absolute Gasteiger partial charge is 0.318 e. The highest BCUT2D eigenvalue weighted by atomic mass is 32.2. The molecule has 0 aliphatic carbocycles. The number of hydrogen-bond donors (Lipinski definition) is 1. The second kappa shape index (κ2) is 14.4. The van der Waals surface area contributed by atoms with Crippen LogP contribution >= 0.6 is 11.8 Å². The van der Waals surface area contributed by atoms with E-state index in [9.17, 15) is 24.5 Å². The molecule has 0 radical (unpaired) electrons. The van der Waals surface area contributed by atoms with Crippen molar-refractivity contribution in [1.29, 1.82) is 0 Å². The van der Waals surface area contributed by atoms with E-state index < -0.39 is 11.0 Å². The van der Waals surface area contributed by atoms with Crippen molar-refractivity contribution in [2.24, 2.45) is 0 Å². The number of nitro groups is 1. The van der Waals surface area contributed by atoms with Gasteiger partial charge in [-0.05, 0) is 36.8 Å². The third-order valence-electron chi connectivity index (χ3n) is 6.32. The maximum absolute atomic E-state index is 13.5. The monoisotopic (exact) mass is 526 g/mol. The van der Waals surface area contributed by atoms with Crippen molar-refractivity contribution >= 4 is 34.5 Å². The molecule has 0 saturated carbocycles. The minimum absolute atomic E-state index is 0.0141. The first-order valence-electron chi connectivity index (χ1n) is 12.6. The number of nitro benzene ring substituents is 1. The highest BCUT2D eigenvalue weighted by Crippen LogP contribution is 2.16. The van der Waals surface area contributed by atoms with E-state index in [4.69, 9.17) is 0 Å². The summed E-state index contributed by atoms with van der Waals surface area (Å²) in [7, 11) is 0. The number of carbonyl (C=O) groups excluding carboxylic acids is 3. The van der Waals surface area contributed by atoms with E-state index >= 15 is 0 Å². The van der Waals surface area contributed by atoms with Crippen LogP contribution in [-0.2, 0) is 22.4 Å². The zero-order valence-corrected chi connectivity index (χ0v) is 22.0. The van der Waals surface area contributed by atoms with Crippen LogP contribution < -0.4 is 5.32 Å². The van der Waals surface area contributed by atoms with Gasteiger partial charge in [-0.2, -0.15) is 0 Å². The Kier molecular flexibility index (Phi) is 10.9. The predicted molar refractivity (Wildman–Crippen MR) is 144 cm³/mol. The summed E-state index contributed by atoms with van der Waals surface area (Å²) in [4.78, 5) is 52.3. The highest BCUT2D eigenvalue weighted by molar-refractivity contribution is 8.13. The van der Waals surface area contributed by atoms with Crippen molar-refractivity contribution < 1.29 is 19.3 Å². The summed E-state index contributed by atoms with van der Waals surface area (Å²) >= 11 is 1.16. The molecule has 1 aliphatic rings. The van der Waals surface area contributed by atoms with Crippen LogP contribution in [0.2, 0.25) is 0 Å². The lowest BCUT2D eigenvalue weighted by molar-refractivity contribution is -0.384. The summed E-state index contributed by atoms with van der Waals surface area (Å²) in [6.45, 7) is 3.61. The molecular weight excluding hydrogens is 492 g/mol. The maximum atomic E-state index is 13.5. The van der Waals surface area contributed by atoms with Crippen LogP contribution in [0.4, 0.5) is 10.5 Å². The molecule has 2 aromatic rings. The number of thioether (sulfide) groups is 1. The van der Waals surface area contributed by atoms with Gasteiger partial charge in [-0.15, -0.1) is 0 Å². The van der Waals surface area contributed by atoms with E-state index in [1.165, 1.54) is 19.1 Å². The Morgan fingerprint density at radius 3 is 2.30 bits per heavy atom. The zero-order valence-electron chi connectivity index (χ0n) is 21.1. The minimum Gasteiger partial charge on any atom is -0.341 e. The van der Waals surface area contributed by atoms with Crippen LogP contribution in [0.3, 0.4) is 0 Å². The molecule has 0 spiro atoms. The summed E-state index contributed by atoms with van der Waals surface area (Å²) in [6, 6.07) is 14.7. The molecule has 2 aromatic carbocycles. The Morgan fingerprint density at radius 1 is 1.00 bits per heavy atom. The highest BCUT2D eigenvalue weighted by Gasteiger charge is 2.29. The van der Waals surface area contributed by atoms with Gasteiger partial charge in [0.1, 0.15) is 6.04 Å². The number of carbonyl (C=O) groups is 3. The lowest BCUT2D eigenvalue weighted by Crippen LogP contribution is -2.54. The van der Waals surface area contributed by atoms with Gasteiger partial charge in [0.2, 0.25) is 5.91 Å². The molecule has 1 saturated heterocycles. The average Bonchev–Trinajstić information content (AvgIpc) is 2.91. The van der Waals surface area contributed by atoms with Crippen molar-refractivity contribution in [3.63, 3.8) is 0 Å². The van der Waals surface area contributed by atoms with Crippen LogP contribution in [0.5, 0.6) is 0 Å². The number of rotatable bonds is 11. The fourth-order valence-electron chi connectivity index (χ4n) is 4.29. The largest absolute Gasteiger partial charge is 0.341 e. The predicted octanol–water partition coefficient (Wildman–Crippen LogP) is 4.05. The summed E-state index contributed by atoms with van der Waals surface area (Å²) < 4.78 is 0. The first kappa shape index (κ1) is 28.2. The van der Waals surface area contributed by atoms with Gasteiger partial charge in [-0.3, -0.25) is 19.7 Å². The third kappa shape index (κ3) is 9.20. The van der Waals surface area contributed by atoms with Gasteiger partial charge in [0, 0.05) is 57.4 Å². The second-order valence-corrected chi connectivity index (χ2v) is 10.4. The maximum Gasteiger partial charge on any atom is 0.318 e. The normalized spacial score (nSPS) is 14.0. The van der Waals surface area contributed by atoms with Crippen LogP contribution in [0, 0.1) is 10.1 Å². The van der Waals surface area contributed by atoms with Gasteiger partial charge in [-0.25, -0.2) is 4.79 Å². The standard InChI is InChI=1S/C27H34N4O5S/c1-21(32)37-19-18-30(17-14-22-8-4-2-5-9-22)27(34)28-25(26(33)29-15-6-3-7-16-29)20-23-10-12-24(13-11-23)31(35)36/h2,4-5,8-13,25H,3,6-7,14-20H2,1H3,(H,28,34)/t25-/m0/s1. The first-order chi connectivity index (χ1) is 17.8. The molecule has 1 fully saturated rings. The molecule has 1 N–H and O–H groups in total. The minimum atomic E-state index is -0.799. The number of non-ortho nitro benzene ring substituents is 1. The van der Waals surface area contributed by atoms with Gasteiger partial charge >= 0.3 is 6.03 Å². The summed E-state index contributed by atoms with van der Waals surface area (Å²) in [5.74, 6) is 0.317. The Hall–Kier alpha value is -3.40. The van der Waals surface area contributed by atoms with Crippen molar-refractivity contribution in [2.45, 2.75) is 45.1 Å². The topological polar surface area (TPSA) is 113 Å². The van der Waals surface area contributed by atoms with Crippen LogP contribution in [-0.4, -0.2) is 69.8 Å². The number of nitrogens with zero attached hydrogens (tertiary/aromatic N) is 3. The molecule has 3 rings (SSSR count). The van der Waals surface area contributed by atoms with Crippen LogP contribution in [0.15, 0.2) is 54.6 Å². The SMILES string of the molecule is CC(=O)SCCN(CCc1ccccc1)C(=O)N[C@@H](Cc1ccc([N+](=O)[O-])cc1)C(=O)N1CCCCC1. The zero-order chi connectivity index (χ0) is 26.6. The van der Waals surface area contributed by atoms with Gasteiger partial charge in [0.05, 0.1) is 4.92 Å². The van der Waals surface area contributed by atoms with Gasteiger partial charge in [0.25, 0.3) is 5.69 Å². The molecule has 0 aromatic heterocycles. The molecule has 1 heterocycles. The Bertz CT molecular complexity index is 1060. The molecule has 3 amide bonds. The fraction of sp³-hybridized carbons (Fsp3) is 0.444. The average molecular weight is 527 g/mol. The van der Waals surface area contributed by atoms with E-state index in [1.807, 2.05) is 30.3 Å². The van der Waals surface area contributed by atoms with E-state index in [1.54, 1.807) is 21.9 Å². The quantitative estimate of drug-likeness (QED) is 0.349. The number of likely N-dealkylation sites (tertiary alicyclic amines) is 1. The Labute approximate surface area is 221 Å². The molecule has 0 unspecified atom stereocenters. The number of piperidine rings is 1. The molecule has 0 bridgehead atoms. The van der Waals surface area contributed by atoms with Crippen LogP contribution in [0.1, 0.15) is 37.3 Å². The first-order valence-corrected chi connectivity index (χ1v) is 13.6. The molecule has 9 nitrogen and oxygen atoms in total. The summed E-state index contributed by atoms with van der Waals surface area (Å²) in [5, 5.41) is 13.9. The molecule has 1 atom stereocenters. The number of urea groups is 1. The summed E-state index contributed by atoms with van der Waals surface area (Å²) in [5.41, 5.74) is 1.79. The third-order valence-corrected chi connectivity index (χ3v) is 7.11. The molecule has 1 aliphatic heterocycles. The van der Waals surface area contributed by atoms with Crippen LogP contribution in [0.25, 0.3) is 0 Å². The second-order valence-electron chi connectivity index (χ2n) is 9.08. The fourth-order valence-corrected chi connectivity index (χ4v) is 4.89. The molecule has 198 valence electrons. The van der Waals surface area contributed by atoms with Gasteiger partial charge < -0.3 is 15.1 Å². The number of hydrogen-bond acceptors (Lipinski definition) is 6. The van der Waals surface area contributed by atoms with E-state index in [0.717, 1.165) is 42.2 Å².